The molecule has 0 aliphatic rings. The van der Waals surface area contributed by atoms with Crippen LogP contribution < -0.4 is 5.32 Å². The van der Waals surface area contributed by atoms with E-state index in [-0.39, 0.29) is 12.0 Å². The first-order chi connectivity index (χ1) is 6.51. The van der Waals surface area contributed by atoms with E-state index in [0.717, 1.165) is 6.42 Å². The van der Waals surface area contributed by atoms with Crippen LogP contribution in [0, 0.1) is 5.92 Å². The maximum atomic E-state index is 11.1. The molecule has 0 amide bonds. The van der Waals surface area contributed by atoms with E-state index in [1.165, 1.54) is 13.5 Å². The lowest BCUT2D eigenvalue weighted by Gasteiger charge is -2.20. The number of esters is 1. The highest BCUT2D eigenvalue weighted by atomic mass is 16.5. The van der Waals surface area contributed by atoms with Gasteiger partial charge in [0.2, 0.25) is 0 Å². The third kappa shape index (κ3) is 5.22. The predicted molar refractivity (Wildman–Crippen MR) is 58.1 cm³/mol. The summed E-state index contributed by atoms with van der Waals surface area (Å²) in [6.07, 6.45) is 2.27. The van der Waals surface area contributed by atoms with Crippen LogP contribution in [0.25, 0.3) is 0 Å². The van der Waals surface area contributed by atoms with Crippen molar-refractivity contribution < 1.29 is 9.53 Å². The van der Waals surface area contributed by atoms with E-state index in [2.05, 4.69) is 30.8 Å². The molecule has 0 aromatic rings. The van der Waals surface area contributed by atoms with Crippen LogP contribution in [0.1, 0.15) is 40.5 Å². The maximum Gasteiger partial charge on any atom is 0.322 e. The van der Waals surface area contributed by atoms with Crippen molar-refractivity contribution in [1.29, 1.82) is 0 Å². The van der Waals surface area contributed by atoms with Crippen LogP contribution in [0.5, 0.6) is 0 Å². The molecule has 0 heterocycles. The lowest BCUT2D eigenvalue weighted by molar-refractivity contribution is -0.142. The molecule has 1 N–H and O–H groups in total. The predicted octanol–water partition coefficient (Wildman–Crippen LogP) is 1.96. The summed E-state index contributed by atoms with van der Waals surface area (Å²) in [5.74, 6) is 0.503. The maximum absolute atomic E-state index is 11.1. The molecule has 3 heteroatoms. The summed E-state index contributed by atoms with van der Waals surface area (Å²) in [7, 11) is 1.42. The van der Waals surface area contributed by atoms with Crippen LogP contribution in [0.2, 0.25) is 0 Å². The summed E-state index contributed by atoms with van der Waals surface area (Å²) in [6.45, 7) is 8.34. The highest BCUT2D eigenvalue weighted by molar-refractivity contribution is 5.75. The van der Waals surface area contributed by atoms with Crippen molar-refractivity contribution in [3.8, 4) is 0 Å². The largest absolute Gasteiger partial charge is 0.468 e. The molecule has 3 unspecified atom stereocenters. The van der Waals surface area contributed by atoms with Gasteiger partial charge in [-0.15, -0.1) is 0 Å². The van der Waals surface area contributed by atoms with Crippen LogP contribution >= 0.6 is 0 Å². The Morgan fingerprint density at radius 3 is 2.36 bits per heavy atom. The number of methoxy groups -OCH3 is 1. The number of carbonyl (C=O) groups is 1. The zero-order chi connectivity index (χ0) is 11.1. The van der Waals surface area contributed by atoms with Crippen LogP contribution in [-0.4, -0.2) is 25.2 Å². The lowest BCUT2D eigenvalue weighted by Crippen LogP contribution is -2.41. The molecule has 0 aromatic heterocycles. The summed E-state index contributed by atoms with van der Waals surface area (Å²) in [4.78, 5) is 11.1. The Kier molecular flexibility index (Phi) is 6.54. The molecule has 0 aliphatic heterocycles. The highest BCUT2D eigenvalue weighted by Gasteiger charge is 2.16. The second-order valence-electron chi connectivity index (χ2n) is 4.06. The van der Waals surface area contributed by atoms with E-state index >= 15 is 0 Å². The Bertz CT molecular complexity index is 171. The molecule has 0 bridgehead atoms. The van der Waals surface area contributed by atoms with Crippen LogP contribution in [-0.2, 0) is 9.53 Å². The number of carbonyl (C=O) groups excluding carboxylic acids is 1. The summed E-state index contributed by atoms with van der Waals surface area (Å²) in [6, 6.07) is 0.151. The zero-order valence-corrected chi connectivity index (χ0v) is 9.96. The van der Waals surface area contributed by atoms with Gasteiger partial charge >= 0.3 is 5.97 Å². The minimum absolute atomic E-state index is 0.194. The van der Waals surface area contributed by atoms with Gasteiger partial charge in [-0.3, -0.25) is 4.79 Å². The van der Waals surface area contributed by atoms with E-state index in [0.29, 0.717) is 12.0 Å². The second kappa shape index (κ2) is 6.82. The fourth-order valence-electron chi connectivity index (χ4n) is 1.51. The second-order valence-corrected chi connectivity index (χ2v) is 4.06. The molecule has 0 saturated heterocycles. The Labute approximate surface area is 87.2 Å². The van der Waals surface area contributed by atoms with Gasteiger partial charge in [-0.25, -0.2) is 0 Å². The van der Waals surface area contributed by atoms with Crippen LogP contribution in [0.3, 0.4) is 0 Å². The number of hydrogen-bond acceptors (Lipinski definition) is 3. The van der Waals surface area contributed by atoms with Gasteiger partial charge in [-0.1, -0.05) is 20.3 Å². The average Bonchev–Trinajstić information content (AvgIpc) is 2.15. The Hall–Kier alpha value is -0.570. The van der Waals surface area contributed by atoms with Crippen LogP contribution in [0.15, 0.2) is 0 Å². The van der Waals surface area contributed by atoms with E-state index in [9.17, 15) is 4.79 Å². The van der Waals surface area contributed by atoms with E-state index < -0.39 is 0 Å². The molecule has 0 aliphatic carbocycles. The molecule has 0 saturated carbocycles. The number of nitrogens with one attached hydrogen (secondary N) is 1. The van der Waals surface area contributed by atoms with Crippen molar-refractivity contribution in [3.05, 3.63) is 0 Å². The number of hydrogen-bond donors (Lipinski definition) is 1. The van der Waals surface area contributed by atoms with E-state index in [1.54, 1.807) is 0 Å². The number of ether oxygens (including phenoxy) is 1. The minimum Gasteiger partial charge on any atom is -0.468 e. The number of rotatable bonds is 6. The van der Waals surface area contributed by atoms with Gasteiger partial charge in [0.1, 0.15) is 6.04 Å². The highest BCUT2D eigenvalue weighted by Crippen LogP contribution is 2.09. The normalized spacial score (nSPS) is 17.2. The van der Waals surface area contributed by atoms with E-state index in [1.807, 2.05) is 6.92 Å². The quantitative estimate of drug-likeness (QED) is 0.668. The standard InChI is InChI=1S/C11H23NO2/c1-6-8(2)7-9(3)12-10(4)11(13)14-5/h8-10,12H,6-7H2,1-5H3. The third-order valence-corrected chi connectivity index (χ3v) is 2.54. The molecule has 3 nitrogen and oxygen atoms in total. The fraction of sp³-hybridized carbons (Fsp3) is 0.909. The molecule has 0 rings (SSSR count). The summed E-state index contributed by atoms with van der Waals surface area (Å²) >= 11 is 0. The summed E-state index contributed by atoms with van der Waals surface area (Å²) in [5, 5.41) is 3.22. The van der Waals surface area contributed by atoms with Crippen molar-refractivity contribution >= 4 is 5.97 Å². The van der Waals surface area contributed by atoms with Gasteiger partial charge in [-0.2, -0.15) is 0 Å². The first kappa shape index (κ1) is 13.4. The average molecular weight is 201 g/mol. The van der Waals surface area contributed by atoms with Crippen molar-refractivity contribution in [2.75, 3.05) is 7.11 Å². The molecule has 0 radical (unpaired) electrons. The van der Waals surface area contributed by atoms with Gasteiger partial charge < -0.3 is 10.1 Å². The van der Waals surface area contributed by atoms with Crippen molar-refractivity contribution in [3.63, 3.8) is 0 Å². The first-order valence-corrected chi connectivity index (χ1v) is 5.35. The summed E-state index contributed by atoms with van der Waals surface area (Å²) in [5.41, 5.74) is 0. The van der Waals surface area contributed by atoms with Gasteiger partial charge in [0.25, 0.3) is 0 Å². The minimum atomic E-state index is -0.209. The topological polar surface area (TPSA) is 38.3 Å². The summed E-state index contributed by atoms with van der Waals surface area (Å²) < 4.78 is 4.64. The first-order valence-electron chi connectivity index (χ1n) is 5.35. The Morgan fingerprint density at radius 1 is 1.36 bits per heavy atom. The Balaban J connectivity index is 3.81. The molecular formula is C11H23NO2. The van der Waals surface area contributed by atoms with Crippen molar-refractivity contribution in [2.45, 2.75) is 52.6 Å². The Morgan fingerprint density at radius 2 is 1.93 bits per heavy atom. The van der Waals surface area contributed by atoms with Gasteiger partial charge in [-0.05, 0) is 26.2 Å². The molecule has 84 valence electrons. The van der Waals surface area contributed by atoms with Crippen molar-refractivity contribution in [1.82, 2.24) is 5.32 Å². The fourth-order valence-corrected chi connectivity index (χ4v) is 1.51. The van der Waals surface area contributed by atoms with Gasteiger partial charge in [0, 0.05) is 6.04 Å². The smallest absolute Gasteiger partial charge is 0.322 e. The zero-order valence-electron chi connectivity index (χ0n) is 9.96. The van der Waals surface area contributed by atoms with Crippen molar-refractivity contribution in [2.24, 2.45) is 5.92 Å². The molecule has 3 atom stereocenters. The molecular weight excluding hydrogens is 178 g/mol. The SMILES string of the molecule is CCC(C)CC(C)NC(C)C(=O)OC. The van der Waals surface area contributed by atoms with E-state index in [4.69, 9.17) is 0 Å². The van der Waals surface area contributed by atoms with Gasteiger partial charge in [0.05, 0.1) is 7.11 Å². The molecule has 0 aromatic carbocycles. The monoisotopic (exact) mass is 201 g/mol. The molecule has 0 spiro atoms. The van der Waals surface area contributed by atoms with Gasteiger partial charge in [0.15, 0.2) is 0 Å². The lowest BCUT2D eigenvalue weighted by atomic mass is 10.00. The molecule has 0 fully saturated rings. The molecule has 14 heavy (non-hydrogen) atoms. The third-order valence-electron chi connectivity index (χ3n) is 2.54. The van der Waals surface area contributed by atoms with Crippen LogP contribution in [0.4, 0.5) is 0 Å².